The molecule has 0 unspecified atom stereocenters. The zero-order chi connectivity index (χ0) is 16.7. The van der Waals surface area contributed by atoms with Crippen molar-refractivity contribution in [2.75, 3.05) is 13.2 Å². The molecule has 2 rings (SSSR count). The monoisotopic (exact) mass is 354 g/mol. The van der Waals surface area contributed by atoms with Gasteiger partial charge in [0.15, 0.2) is 0 Å². The minimum Gasteiger partial charge on any atom is -0.493 e. The van der Waals surface area contributed by atoms with Crippen LogP contribution in [0.3, 0.4) is 0 Å². The number of nitrogens with one attached hydrogen (secondary N) is 1. The van der Waals surface area contributed by atoms with Crippen molar-refractivity contribution < 1.29 is 9.53 Å². The number of benzene rings is 1. The summed E-state index contributed by atoms with van der Waals surface area (Å²) in [5.74, 6) is 1.93. The minimum absolute atomic E-state index is 0. The lowest BCUT2D eigenvalue weighted by Crippen LogP contribution is -2.32. The molecule has 3 N–H and O–H groups in total. The molecular formula is C19H31ClN2O2. The molecule has 136 valence electrons. The van der Waals surface area contributed by atoms with Gasteiger partial charge in [-0.25, -0.2) is 0 Å². The molecule has 1 aliphatic rings. The zero-order valence-corrected chi connectivity index (χ0v) is 15.6. The molecule has 0 aliphatic heterocycles. The molecule has 1 amide bonds. The molecule has 24 heavy (non-hydrogen) atoms. The maximum absolute atomic E-state index is 12.0. The van der Waals surface area contributed by atoms with Gasteiger partial charge in [-0.2, -0.15) is 0 Å². The van der Waals surface area contributed by atoms with Gasteiger partial charge in [-0.15, -0.1) is 12.4 Å². The van der Waals surface area contributed by atoms with Gasteiger partial charge in [0.1, 0.15) is 5.75 Å². The van der Waals surface area contributed by atoms with E-state index in [0.717, 1.165) is 38.0 Å². The van der Waals surface area contributed by atoms with Crippen LogP contribution in [0.1, 0.15) is 45.1 Å². The standard InChI is InChI=1S/C19H30N2O2.ClH/c1-14(2)13-23-17-8-6-15(7-9-17)10-11-21-19(22)12-16-4-3-5-18(16)20;/h6-9,14,16,18H,3-5,10-13,20H2,1-2H3,(H,21,22);1H/t16-,18+;/m0./s1. The van der Waals surface area contributed by atoms with E-state index in [2.05, 4.69) is 31.3 Å². The first-order chi connectivity index (χ1) is 11.0. The molecule has 1 saturated carbocycles. The van der Waals surface area contributed by atoms with Crippen LogP contribution in [0.4, 0.5) is 0 Å². The van der Waals surface area contributed by atoms with Crippen molar-refractivity contribution in [1.82, 2.24) is 5.32 Å². The molecule has 1 fully saturated rings. The van der Waals surface area contributed by atoms with E-state index in [-0.39, 0.29) is 24.4 Å². The molecule has 5 heteroatoms. The van der Waals surface area contributed by atoms with Gasteiger partial charge in [-0.3, -0.25) is 4.79 Å². The van der Waals surface area contributed by atoms with Crippen molar-refractivity contribution in [3.63, 3.8) is 0 Å². The van der Waals surface area contributed by atoms with E-state index in [1.165, 1.54) is 5.56 Å². The van der Waals surface area contributed by atoms with Crippen LogP contribution < -0.4 is 15.8 Å². The Morgan fingerprint density at radius 2 is 2.00 bits per heavy atom. The fourth-order valence-electron chi connectivity index (χ4n) is 2.99. The van der Waals surface area contributed by atoms with Crippen LogP contribution >= 0.6 is 12.4 Å². The van der Waals surface area contributed by atoms with E-state index >= 15 is 0 Å². The van der Waals surface area contributed by atoms with Crippen molar-refractivity contribution >= 4 is 18.3 Å². The molecule has 0 bridgehead atoms. The van der Waals surface area contributed by atoms with Crippen LogP contribution in [0.15, 0.2) is 24.3 Å². The summed E-state index contributed by atoms with van der Waals surface area (Å²) < 4.78 is 5.67. The molecule has 0 saturated heterocycles. The molecule has 1 aromatic carbocycles. The van der Waals surface area contributed by atoms with Gasteiger partial charge < -0.3 is 15.8 Å². The van der Waals surface area contributed by atoms with Crippen molar-refractivity contribution in [3.05, 3.63) is 29.8 Å². The van der Waals surface area contributed by atoms with Gasteiger partial charge in [0.05, 0.1) is 6.61 Å². The van der Waals surface area contributed by atoms with Gasteiger partial charge in [-0.1, -0.05) is 32.4 Å². The number of rotatable bonds is 8. The van der Waals surface area contributed by atoms with Gasteiger partial charge in [0.2, 0.25) is 5.91 Å². The zero-order valence-electron chi connectivity index (χ0n) is 14.8. The lowest BCUT2D eigenvalue weighted by atomic mass is 10.00. The van der Waals surface area contributed by atoms with Crippen LogP contribution in [0.2, 0.25) is 0 Å². The van der Waals surface area contributed by atoms with E-state index in [1.54, 1.807) is 0 Å². The molecule has 1 aliphatic carbocycles. The third-order valence-corrected chi connectivity index (χ3v) is 4.41. The number of carbonyl (C=O) groups excluding carboxylic acids is 1. The average molecular weight is 355 g/mol. The summed E-state index contributed by atoms with van der Waals surface area (Å²) >= 11 is 0. The van der Waals surface area contributed by atoms with Crippen LogP contribution in [-0.4, -0.2) is 25.1 Å². The highest BCUT2D eigenvalue weighted by atomic mass is 35.5. The van der Waals surface area contributed by atoms with Crippen molar-refractivity contribution in [2.24, 2.45) is 17.6 Å². The molecule has 0 aromatic heterocycles. The highest BCUT2D eigenvalue weighted by molar-refractivity contribution is 5.85. The van der Waals surface area contributed by atoms with E-state index in [0.29, 0.717) is 24.8 Å². The number of amides is 1. The van der Waals surface area contributed by atoms with Crippen LogP contribution in [0, 0.1) is 11.8 Å². The SMILES string of the molecule is CC(C)COc1ccc(CCNC(=O)C[C@@H]2CCC[C@H]2N)cc1.Cl. The maximum Gasteiger partial charge on any atom is 0.220 e. The molecule has 1 aromatic rings. The Bertz CT molecular complexity index is 491. The molecule has 4 nitrogen and oxygen atoms in total. The minimum atomic E-state index is 0. The fourth-order valence-corrected chi connectivity index (χ4v) is 2.99. The number of halogens is 1. The average Bonchev–Trinajstić information content (AvgIpc) is 2.91. The molecular weight excluding hydrogens is 324 g/mol. The number of ether oxygens (including phenoxy) is 1. The second-order valence-electron chi connectivity index (χ2n) is 7.01. The summed E-state index contributed by atoms with van der Waals surface area (Å²) in [4.78, 5) is 12.0. The number of carbonyl (C=O) groups is 1. The lowest BCUT2D eigenvalue weighted by molar-refractivity contribution is -0.122. The Balaban J connectivity index is 0.00000288. The second-order valence-corrected chi connectivity index (χ2v) is 7.01. The third-order valence-electron chi connectivity index (χ3n) is 4.41. The first-order valence-electron chi connectivity index (χ1n) is 8.78. The van der Waals surface area contributed by atoms with Crippen LogP contribution in [-0.2, 0) is 11.2 Å². The first kappa shape index (κ1) is 20.8. The molecule has 2 atom stereocenters. The predicted octanol–water partition coefficient (Wildman–Crippen LogP) is 3.32. The summed E-state index contributed by atoms with van der Waals surface area (Å²) in [6, 6.07) is 8.33. The Morgan fingerprint density at radius 1 is 1.29 bits per heavy atom. The predicted molar refractivity (Wildman–Crippen MR) is 101 cm³/mol. The van der Waals surface area contributed by atoms with E-state index in [9.17, 15) is 4.79 Å². The van der Waals surface area contributed by atoms with Crippen molar-refractivity contribution in [3.8, 4) is 5.75 Å². The molecule has 0 spiro atoms. The van der Waals surface area contributed by atoms with Gasteiger partial charge in [0.25, 0.3) is 0 Å². The number of nitrogens with two attached hydrogens (primary N) is 1. The topological polar surface area (TPSA) is 64.3 Å². The maximum atomic E-state index is 12.0. The highest BCUT2D eigenvalue weighted by Crippen LogP contribution is 2.26. The van der Waals surface area contributed by atoms with Crippen LogP contribution in [0.5, 0.6) is 5.75 Å². The lowest BCUT2D eigenvalue weighted by Gasteiger charge is -2.14. The van der Waals surface area contributed by atoms with Gasteiger partial charge >= 0.3 is 0 Å². The Kier molecular flexibility index (Phi) is 9.16. The normalized spacial score (nSPS) is 19.8. The summed E-state index contributed by atoms with van der Waals surface area (Å²) in [6.45, 7) is 5.68. The fraction of sp³-hybridized carbons (Fsp3) is 0.632. The number of hydrogen-bond donors (Lipinski definition) is 2. The first-order valence-corrected chi connectivity index (χ1v) is 8.78. The van der Waals surface area contributed by atoms with Gasteiger partial charge in [-0.05, 0) is 48.8 Å². The number of hydrogen-bond acceptors (Lipinski definition) is 3. The summed E-state index contributed by atoms with van der Waals surface area (Å²) in [7, 11) is 0. The summed E-state index contributed by atoms with van der Waals surface area (Å²) in [5, 5.41) is 3.01. The van der Waals surface area contributed by atoms with Crippen molar-refractivity contribution in [2.45, 2.75) is 52.0 Å². The largest absolute Gasteiger partial charge is 0.493 e. The van der Waals surface area contributed by atoms with E-state index in [1.807, 2.05) is 12.1 Å². The highest BCUT2D eigenvalue weighted by Gasteiger charge is 2.25. The second kappa shape index (κ2) is 10.6. The Labute approximate surface area is 151 Å². The molecule has 0 radical (unpaired) electrons. The van der Waals surface area contributed by atoms with Gasteiger partial charge in [0, 0.05) is 19.0 Å². The van der Waals surface area contributed by atoms with Crippen LogP contribution in [0.25, 0.3) is 0 Å². The summed E-state index contributed by atoms with van der Waals surface area (Å²) in [6.07, 6.45) is 4.72. The van der Waals surface area contributed by atoms with E-state index in [4.69, 9.17) is 10.5 Å². The Morgan fingerprint density at radius 3 is 2.58 bits per heavy atom. The van der Waals surface area contributed by atoms with E-state index < -0.39 is 0 Å². The smallest absolute Gasteiger partial charge is 0.220 e. The molecule has 0 heterocycles. The summed E-state index contributed by atoms with van der Waals surface area (Å²) in [5.41, 5.74) is 7.22. The third kappa shape index (κ3) is 7.10. The Hall–Kier alpha value is -1.26. The van der Waals surface area contributed by atoms with Crippen molar-refractivity contribution in [1.29, 1.82) is 0 Å². The quantitative estimate of drug-likeness (QED) is 0.752.